The summed E-state index contributed by atoms with van der Waals surface area (Å²) in [6.07, 6.45) is 11.0. The maximum atomic E-state index is 2.37. The summed E-state index contributed by atoms with van der Waals surface area (Å²) < 4.78 is 1.25. The summed E-state index contributed by atoms with van der Waals surface area (Å²) in [5.74, 6) is 0. The predicted octanol–water partition coefficient (Wildman–Crippen LogP) is 6.53. The highest BCUT2D eigenvalue weighted by Crippen LogP contribution is 2.34. The van der Waals surface area contributed by atoms with Crippen molar-refractivity contribution in [2.45, 2.75) is 19.3 Å². The van der Waals surface area contributed by atoms with E-state index in [4.69, 9.17) is 0 Å². The highest BCUT2D eigenvalue weighted by molar-refractivity contribution is 14.1. The third-order valence-electron chi connectivity index (χ3n) is 4.05. The van der Waals surface area contributed by atoms with Crippen molar-refractivity contribution in [3.05, 3.63) is 87.5 Å². The third-order valence-corrected chi connectivity index (χ3v) is 4.76. The Kier molecular flexibility index (Phi) is 4.34. The van der Waals surface area contributed by atoms with Crippen molar-refractivity contribution in [1.29, 1.82) is 0 Å². The smallest absolute Gasteiger partial charge is 0.0127 e. The molecule has 0 unspecified atom stereocenters. The Hall–Kier alpha value is -1.61. The van der Waals surface area contributed by atoms with E-state index in [0.29, 0.717) is 0 Å². The standard InChI is InChI=1S/C21H19I/c1-21(2)14-13-19(22)10-6-9-17-11-12-18(15-20(17)21)16-7-4-3-5-8-16/h3-15H,1-2H3/b9-6+,14-13+,19-10+. The van der Waals surface area contributed by atoms with Crippen LogP contribution in [0.1, 0.15) is 25.0 Å². The second kappa shape index (κ2) is 6.25. The number of fused-ring (bicyclic) bond motifs is 1. The fraction of sp³-hybridized carbons (Fsp3) is 0.143. The van der Waals surface area contributed by atoms with Gasteiger partial charge in [-0.2, -0.15) is 0 Å². The van der Waals surface area contributed by atoms with Crippen LogP contribution >= 0.6 is 22.6 Å². The molecule has 0 bridgehead atoms. The van der Waals surface area contributed by atoms with E-state index < -0.39 is 0 Å². The zero-order chi connectivity index (χ0) is 15.6. The summed E-state index contributed by atoms with van der Waals surface area (Å²) in [7, 11) is 0. The highest BCUT2D eigenvalue weighted by atomic mass is 127. The molecule has 0 nitrogen and oxygen atoms in total. The molecule has 0 saturated carbocycles. The molecule has 1 aliphatic rings. The second-order valence-corrected chi connectivity index (χ2v) is 7.38. The van der Waals surface area contributed by atoms with E-state index >= 15 is 0 Å². The summed E-state index contributed by atoms with van der Waals surface area (Å²) in [5.41, 5.74) is 5.19. The third kappa shape index (κ3) is 3.25. The van der Waals surface area contributed by atoms with Crippen LogP contribution in [0.15, 0.2) is 76.4 Å². The van der Waals surface area contributed by atoms with Crippen LogP contribution in [0.25, 0.3) is 17.2 Å². The normalized spacial score (nSPS) is 21.5. The van der Waals surface area contributed by atoms with E-state index in [0.717, 1.165) is 0 Å². The van der Waals surface area contributed by atoms with Gasteiger partial charge in [0.15, 0.2) is 0 Å². The Balaban J connectivity index is 2.16. The number of hydrogen-bond donors (Lipinski definition) is 0. The van der Waals surface area contributed by atoms with Gasteiger partial charge in [-0.1, -0.05) is 80.6 Å². The molecule has 0 N–H and O–H groups in total. The number of benzene rings is 2. The molecule has 0 amide bonds. The Morgan fingerprint density at radius 3 is 2.41 bits per heavy atom. The first kappa shape index (κ1) is 15.3. The number of halogens is 1. The molecule has 0 radical (unpaired) electrons. The molecule has 3 rings (SSSR count). The van der Waals surface area contributed by atoms with Gasteiger partial charge >= 0.3 is 0 Å². The minimum atomic E-state index is -0.000927. The topological polar surface area (TPSA) is 0 Å². The summed E-state index contributed by atoms with van der Waals surface area (Å²) in [6, 6.07) is 17.4. The first-order valence-corrected chi connectivity index (χ1v) is 8.57. The molecule has 1 heteroatoms. The Labute approximate surface area is 146 Å². The van der Waals surface area contributed by atoms with Crippen LogP contribution in [0.2, 0.25) is 0 Å². The first-order chi connectivity index (χ1) is 10.6. The molecule has 0 aliphatic heterocycles. The molecular weight excluding hydrogens is 379 g/mol. The van der Waals surface area contributed by atoms with E-state index in [2.05, 4.69) is 115 Å². The van der Waals surface area contributed by atoms with Crippen LogP contribution < -0.4 is 0 Å². The fourth-order valence-corrected chi connectivity index (χ4v) is 3.13. The van der Waals surface area contributed by atoms with Crippen LogP contribution in [-0.4, -0.2) is 0 Å². The fourth-order valence-electron chi connectivity index (χ4n) is 2.75. The lowest BCUT2D eigenvalue weighted by Gasteiger charge is -2.24. The molecule has 0 spiro atoms. The van der Waals surface area contributed by atoms with Crippen LogP contribution in [0, 0.1) is 0 Å². The molecule has 0 aromatic heterocycles. The first-order valence-electron chi connectivity index (χ1n) is 7.49. The number of allylic oxidation sites excluding steroid dienone is 5. The largest absolute Gasteiger partial charge is 0.0734 e. The van der Waals surface area contributed by atoms with Crippen LogP contribution in [0.4, 0.5) is 0 Å². The van der Waals surface area contributed by atoms with Gasteiger partial charge in [-0.25, -0.2) is 0 Å². The lowest BCUT2D eigenvalue weighted by Crippen LogP contribution is -2.15. The van der Waals surface area contributed by atoms with E-state index in [-0.39, 0.29) is 5.41 Å². The zero-order valence-electron chi connectivity index (χ0n) is 12.9. The van der Waals surface area contributed by atoms with E-state index in [9.17, 15) is 0 Å². The van der Waals surface area contributed by atoms with Gasteiger partial charge < -0.3 is 0 Å². The molecule has 22 heavy (non-hydrogen) atoms. The molecule has 0 saturated heterocycles. The summed E-state index contributed by atoms with van der Waals surface area (Å²) in [5, 5.41) is 0. The Bertz CT molecular complexity index is 762. The maximum absolute atomic E-state index is 2.37. The summed E-state index contributed by atoms with van der Waals surface area (Å²) in [6.45, 7) is 4.56. The molecule has 0 heterocycles. The number of hydrogen-bond acceptors (Lipinski definition) is 0. The van der Waals surface area contributed by atoms with Crippen molar-refractivity contribution < 1.29 is 0 Å². The molecule has 0 atom stereocenters. The molecule has 110 valence electrons. The minimum absolute atomic E-state index is 0.000927. The molecule has 0 fully saturated rings. The zero-order valence-corrected chi connectivity index (χ0v) is 15.0. The van der Waals surface area contributed by atoms with Crippen molar-refractivity contribution in [3.8, 4) is 11.1 Å². The van der Waals surface area contributed by atoms with Crippen molar-refractivity contribution in [1.82, 2.24) is 0 Å². The van der Waals surface area contributed by atoms with Gasteiger partial charge in [0.2, 0.25) is 0 Å². The van der Waals surface area contributed by atoms with Crippen molar-refractivity contribution in [2.75, 3.05) is 0 Å². The summed E-state index contributed by atoms with van der Waals surface area (Å²) >= 11 is 2.37. The highest BCUT2D eigenvalue weighted by Gasteiger charge is 2.21. The monoisotopic (exact) mass is 398 g/mol. The second-order valence-electron chi connectivity index (χ2n) is 6.13. The van der Waals surface area contributed by atoms with E-state index in [1.165, 1.54) is 25.8 Å². The minimum Gasteiger partial charge on any atom is -0.0734 e. The van der Waals surface area contributed by atoms with Crippen molar-refractivity contribution >= 4 is 28.7 Å². The van der Waals surface area contributed by atoms with Crippen LogP contribution in [0.3, 0.4) is 0 Å². The van der Waals surface area contributed by atoms with Crippen molar-refractivity contribution in [2.24, 2.45) is 0 Å². The Morgan fingerprint density at radius 1 is 0.864 bits per heavy atom. The lowest BCUT2D eigenvalue weighted by atomic mass is 9.80. The predicted molar refractivity (Wildman–Crippen MR) is 105 cm³/mol. The van der Waals surface area contributed by atoms with Crippen LogP contribution in [-0.2, 0) is 5.41 Å². The van der Waals surface area contributed by atoms with Gasteiger partial charge in [-0.05, 0) is 57.0 Å². The van der Waals surface area contributed by atoms with E-state index in [1.807, 2.05) is 0 Å². The molecule has 2 aromatic rings. The molecule has 2 aromatic carbocycles. The average Bonchev–Trinajstić information content (AvgIpc) is 2.58. The summed E-state index contributed by atoms with van der Waals surface area (Å²) in [4.78, 5) is 0. The lowest BCUT2D eigenvalue weighted by molar-refractivity contribution is 0.669. The Morgan fingerprint density at radius 2 is 1.64 bits per heavy atom. The maximum Gasteiger partial charge on any atom is 0.0127 e. The van der Waals surface area contributed by atoms with Gasteiger partial charge in [-0.15, -0.1) is 0 Å². The van der Waals surface area contributed by atoms with Gasteiger partial charge in [0.1, 0.15) is 0 Å². The van der Waals surface area contributed by atoms with Gasteiger partial charge in [0.05, 0.1) is 0 Å². The molecular formula is C21H19I. The average molecular weight is 398 g/mol. The van der Waals surface area contributed by atoms with Crippen molar-refractivity contribution in [3.63, 3.8) is 0 Å². The number of rotatable bonds is 1. The van der Waals surface area contributed by atoms with Gasteiger partial charge in [0.25, 0.3) is 0 Å². The van der Waals surface area contributed by atoms with Gasteiger partial charge in [0, 0.05) is 8.99 Å². The van der Waals surface area contributed by atoms with E-state index in [1.54, 1.807) is 0 Å². The SMILES string of the molecule is CC1(C)/C=C/C(I)=C\C=C\c2ccc(-c3ccccc3)cc21. The van der Waals surface area contributed by atoms with Gasteiger partial charge in [-0.3, -0.25) is 0 Å². The molecule has 1 aliphatic carbocycles. The quantitative estimate of drug-likeness (QED) is 0.479. The van der Waals surface area contributed by atoms with Crippen LogP contribution in [0.5, 0.6) is 0 Å².